The van der Waals surface area contributed by atoms with Gasteiger partial charge in [0.1, 0.15) is 11.4 Å². The molecule has 0 aliphatic carbocycles. The number of halogens is 1. The second-order valence-electron chi connectivity index (χ2n) is 4.14. The maximum absolute atomic E-state index is 6.15. The lowest BCUT2D eigenvalue weighted by Crippen LogP contribution is -2.02. The molecule has 0 spiro atoms. The van der Waals surface area contributed by atoms with E-state index < -0.39 is 0 Å². The number of aryl methyl sites for hydroxylation is 1. The highest BCUT2D eigenvalue weighted by Gasteiger charge is 2.08. The lowest BCUT2D eigenvalue weighted by Gasteiger charge is -2.08. The van der Waals surface area contributed by atoms with E-state index in [2.05, 4.69) is 25.2 Å². The minimum atomic E-state index is 0.530. The molecule has 5 nitrogen and oxygen atoms in total. The summed E-state index contributed by atoms with van der Waals surface area (Å²) >= 11 is 6.15. The number of nitrogens with zero attached hydrogens (tertiary/aromatic N) is 3. The van der Waals surface area contributed by atoms with Gasteiger partial charge in [0.25, 0.3) is 0 Å². The van der Waals surface area contributed by atoms with Gasteiger partial charge in [-0.3, -0.25) is 4.98 Å². The smallest absolute Gasteiger partial charge is 0.127 e. The fourth-order valence-corrected chi connectivity index (χ4v) is 2.08. The van der Waals surface area contributed by atoms with Crippen LogP contribution in [0.25, 0.3) is 10.9 Å². The van der Waals surface area contributed by atoms with Gasteiger partial charge in [0, 0.05) is 11.6 Å². The van der Waals surface area contributed by atoms with E-state index in [9.17, 15) is 0 Å². The summed E-state index contributed by atoms with van der Waals surface area (Å²) in [5.74, 6) is 0. The highest BCUT2D eigenvalue weighted by molar-refractivity contribution is 6.35. The van der Waals surface area contributed by atoms with Gasteiger partial charge in [0.05, 0.1) is 22.8 Å². The maximum Gasteiger partial charge on any atom is 0.127 e. The summed E-state index contributed by atoms with van der Waals surface area (Å²) in [6, 6.07) is 7.56. The van der Waals surface area contributed by atoms with Crippen molar-refractivity contribution in [3.63, 3.8) is 0 Å². The van der Waals surface area contributed by atoms with Crippen molar-refractivity contribution in [2.75, 3.05) is 5.32 Å². The van der Waals surface area contributed by atoms with Gasteiger partial charge in [-0.1, -0.05) is 21.9 Å². The van der Waals surface area contributed by atoms with Crippen molar-refractivity contribution in [3.8, 4) is 0 Å². The van der Waals surface area contributed by atoms with Crippen molar-refractivity contribution in [1.29, 1.82) is 0 Å². The number of anilines is 1. The number of rotatable bonds is 3. The van der Waals surface area contributed by atoms with Gasteiger partial charge in [-0.2, -0.15) is 0 Å². The standard InChI is InChI=1S/C13H11ClN4O/c1-8-12(18-19-17-8)7-16-11-5-4-10(14)9-3-2-6-15-13(9)11/h2-6,16H,7H2,1H3. The summed E-state index contributed by atoms with van der Waals surface area (Å²) in [7, 11) is 0. The Morgan fingerprint density at radius 1 is 1.26 bits per heavy atom. The molecule has 6 heteroatoms. The molecule has 3 aromatic rings. The second-order valence-corrected chi connectivity index (χ2v) is 4.55. The van der Waals surface area contributed by atoms with Crippen LogP contribution in [0.3, 0.4) is 0 Å². The van der Waals surface area contributed by atoms with Crippen LogP contribution in [-0.2, 0) is 6.54 Å². The summed E-state index contributed by atoms with van der Waals surface area (Å²) in [5, 5.41) is 12.5. The number of hydrogen-bond donors (Lipinski definition) is 1. The van der Waals surface area contributed by atoms with Gasteiger partial charge in [0.15, 0.2) is 0 Å². The number of nitrogens with one attached hydrogen (secondary N) is 1. The molecule has 0 saturated heterocycles. The summed E-state index contributed by atoms with van der Waals surface area (Å²) in [6.07, 6.45) is 1.74. The Morgan fingerprint density at radius 2 is 2.16 bits per heavy atom. The van der Waals surface area contributed by atoms with Crippen LogP contribution in [-0.4, -0.2) is 15.3 Å². The summed E-state index contributed by atoms with van der Waals surface area (Å²) in [4.78, 5) is 4.36. The van der Waals surface area contributed by atoms with Gasteiger partial charge >= 0.3 is 0 Å². The number of aromatic nitrogens is 3. The molecule has 0 bridgehead atoms. The molecule has 0 unspecified atom stereocenters. The molecule has 96 valence electrons. The lowest BCUT2D eigenvalue weighted by atomic mass is 10.2. The Kier molecular flexibility index (Phi) is 3.05. The first-order valence-corrected chi connectivity index (χ1v) is 6.18. The molecule has 0 radical (unpaired) electrons. The van der Waals surface area contributed by atoms with E-state index in [1.165, 1.54) is 0 Å². The second kappa shape index (κ2) is 4.85. The van der Waals surface area contributed by atoms with Crippen molar-refractivity contribution >= 4 is 28.2 Å². The highest BCUT2D eigenvalue weighted by atomic mass is 35.5. The predicted molar refractivity (Wildman–Crippen MR) is 73.1 cm³/mol. The van der Waals surface area contributed by atoms with Crippen molar-refractivity contribution in [2.45, 2.75) is 13.5 Å². The third-order valence-corrected chi connectivity index (χ3v) is 3.24. The Balaban J connectivity index is 1.93. The average Bonchev–Trinajstić information content (AvgIpc) is 2.84. The van der Waals surface area contributed by atoms with E-state index in [0.29, 0.717) is 11.6 Å². The predicted octanol–water partition coefficient (Wildman–Crippen LogP) is 3.19. The van der Waals surface area contributed by atoms with Crippen LogP contribution in [0.1, 0.15) is 11.4 Å². The van der Waals surface area contributed by atoms with Crippen LogP contribution in [0.2, 0.25) is 5.02 Å². The van der Waals surface area contributed by atoms with E-state index in [-0.39, 0.29) is 0 Å². The number of pyridine rings is 1. The van der Waals surface area contributed by atoms with Crippen LogP contribution in [0.4, 0.5) is 5.69 Å². The molecule has 2 heterocycles. The normalized spacial score (nSPS) is 10.8. The topological polar surface area (TPSA) is 63.8 Å². The van der Waals surface area contributed by atoms with E-state index in [1.807, 2.05) is 31.2 Å². The zero-order valence-corrected chi connectivity index (χ0v) is 11.0. The Bertz CT molecular complexity index is 725. The third kappa shape index (κ3) is 2.24. The summed E-state index contributed by atoms with van der Waals surface area (Å²) in [6.45, 7) is 2.38. The van der Waals surface area contributed by atoms with Gasteiger partial charge < -0.3 is 5.32 Å². The first-order chi connectivity index (χ1) is 9.25. The zero-order chi connectivity index (χ0) is 13.2. The molecule has 0 aliphatic heterocycles. The van der Waals surface area contributed by atoms with E-state index in [4.69, 9.17) is 11.6 Å². The van der Waals surface area contributed by atoms with E-state index in [1.54, 1.807) is 6.20 Å². The molecule has 0 aliphatic rings. The van der Waals surface area contributed by atoms with Crippen molar-refractivity contribution in [1.82, 2.24) is 15.3 Å². The summed E-state index contributed by atoms with van der Waals surface area (Å²) in [5.41, 5.74) is 3.30. The van der Waals surface area contributed by atoms with Crippen LogP contribution < -0.4 is 5.32 Å². The Hall–Kier alpha value is -2.14. The monoisotopic (exact) mass is 274 g/mol. The van der Waals surface area contributed by atoms with Crippen LogP contribution in [0.15, 0.2) is 35.1 Å². The van der Waals surface area contributed by atoms with Gasteiger partial charge in [-0.05, 0) is 31.2 Å². The lowest BCUT2D eigenvalue weighted by molar-refractivity contribution is 0.301. The minimum absolute atomic E-state index is 0.530. The fraction of sp³-hybridized carbons (Fsp3) is 0.154. The Morgan fingerprint density at radius 3 is 2.95 bits per heavy atom. The molecule has 3 rings (SSSR count). The number of benzene rings is 1. The number of hydrogen-bond acceptors (Lipinski definition) is 5. The average molecular weight is 275 g/mol. The molecule has 0 saturated carbocycles. The van der Waals surface area contributed by atoms with Crippen molar-refractivity contribution in [2.24, 2.45) is 0 Å². The minimum Gasteiger partial charge on any atom is -0.377 e. The summed E-state index contributed by atoms with van der Waals surface area (Å²) < 4.78 is 4.66. The maximum atomic E-state index is 6.15. The SMILES string of the molecule is Cc1nonc1CNc1ccc(Cl)c2cccnc12. The van der Waals surface area contributed by atoms with Gasteiger partial charge in [-0.25, -0.2) is 4.63 Å². The quantitative estimate of drug-likeness (QED) is 0.795. The van der Waals surface area contributed by atoms with Gasteiger partial charge in [-0.15, -0.1) is 0 Å². The highest BCUT2D eigenvalue weighted by Crippen LogP contribution is 2.28. The van der Waals surface area contributed by atoms with Crippen molar-refractivity contribution < 1.29 is 4.63 Å². The fourth-order valence-electron chi connectivity index (χ4n) is 1.87. The van der Waals surface area contributed by atoms with Crippen LogP contribution in [0, 0.1) is 6.92 Å². The molecule has 1 N–H and O–H groups in total. The zero-order valence-electron chi connectivity index (χ0n) is 10.2. The van der Waals surface area contributed by atoms with E-state index >= 15 is 0 Å². The van der Waals surface area contributed by atoms with Crippen molar-refractivity contribution in [3.05, 3.63) is 46.9 Å². The first kappa shape index (κ1) is 11.9. The van der Waals surface area contributed by atoms with Crippen LogP contribution in [0.5, 0.6) is 0 Å². The molecule has 1 aromatic carbocycles. The molecule has 2 aromatic heterocycles. The molecule has 19 heavy (non-hydrogen) atoms. The molecule has 0 atom stereocenters. The first-order valence-electron chi connectivity index (χ1n) is 5.81. The van der Waals surface area contributed by atoms with E-state index in [0.717, 1.165) is 28.0 Å². The molecular formula is C13H11ClN4O. The van der Waals surface area contributed by atoms with Gasteiger partial charge in [0.2, 0.25) is 0 Å². The van der Waals surface area contributed by atoms with Crippen LogP contribution >= 0.6 is 11.6 Å². The molecular weight excluding hydrogens is 264 g/mol. The molecule has 0 amide bonds. The Labute approximate surface area is 114 Å². The largest absolute Gasteiger partial charge is 0.377 e. The third-order valence-electron chi connectivity index (χ3n) is 2.91. The number of fused-ring (bicyclic) bond motifs is 1. The molecule has 0 fully saturated rings.